The van der Waals surface area contributed by atoms with Gasteiger partial charge in [0, 0.05) is 19.0 Å². The fourth-order valence-electron chi connectivity index (χ4n) is 2.01. The normalized spacial score (nSPS) is 13.6. The van der Waals surface area contributed by atoms with Gasteiger partial charge in [-0.2, -0.15) is 5.26 Å². The predicted octanol–water partition coefficient (Wildman–Crippen LogP) is 3.01. The SMILES string of the molecule is CNc1cc(Nc2ccccc2C#N)nc(C2CC2)n1. The highest BCUT2D eigenvalue weighted by atomic mass is 15.1. The molecule has 0 aliphatic heterocycles. The molecule has 5 nitrogen and oxygen atoms in total. The van der Waals surface area contributed by atoms with Gasteiger partial charge < -0.3 is 10.6 Å². The van der Waals surface area contributed by atoms with E-state index in [-0.39, 0.29) is 0 Å². The van der Waals surface area contributed by atoms with Gasteiger partial charge in [-0.25, -0.2) is 9.97 Å². The summed E-state index contributed by atoms with van der Waals surface area (Å²) in [5.41, 5.74) is 1.36. The maximum Gasteiger partial charge on any atom is 0.136 e. The lowest BCUT2D eigenvalue weighted by Crippen LogP contribution is -2.03. The van der Waals surface area contributed by atoms with E-state index in [9.17, 15) is 0 Å². The van der Waals surface area contributed by atoms with Gasteiger partial charge in [0.05, 0.1) is 11.3 Å². The van der Waals surface area contributed by atoms with Crippen LogP contribution in [0.5, 0.6) is 0 Å². The highest BCUT2D eigenvalue weighted by molar-refractivity contribution is 5.65. The zero-order chi connectivity index (χ0) is 13.9. The smallest absolute Gasteiger partial charge is 0.136 e. The van der Waals surface area contributed by atoms with E-state index in [1.807, 2.05) is 31.3 Å². The largest absolute Gasteiger partial charge is 0.373 e. The predicted molar refractivity (Wildman–Crippen MR) is 78.0 cm³/mol. The van der Waals surface area contributed by atoms with Gasteiger partial charge >= 0.3 is 0 Å². The monoisotopic (exact) mass is 265 g/mol. The summed E-state index contributed by atoms with van der Waals surface area (Å²) in [6.45, 7) is 0. The van der Waals surface area contributed by atoms with Crippen molar-refractivity contribution in [3.63, 3.8) is 0 Å². The molecule has 2 N–H and O–H groups in total. The van der Waals surface area contributed by atoms with Gasteiger partial charge in [0.2, 0.25) is 0 Å². The van der Waals surface area contributed by atoms with Crippen LogP contribution in [0.15, 0.2) is 30.3 Å². The molecule has 1 fully saturated rings. The maximum absolute atomic E-state index is 9.11. The quantitative estimate of drug-likeness (QED) is 0.889. The number of nitrogens with zero attached hydrogens (tertiary/aromatic N) is 3. The van der Waals surface area contributed by atoms with Crippen molar-refractivity contribution >= 4 is 17.3 Å². The first-order chi connectivity index (χ1) is 9.80. The Hall–Kier alpha value is -2.61. The zero-order valence-electron chi connectivity index (χ0n) is 11.2. The zero-order valence-corrected chi connectivity index (χ0v) is 11.2. The van der Waals surface area contributed by atoms with Crippen molar-refractivity contribution in [2.45, 2.75) is 18.8 Å². The van der Waals surface area contributed by atoms with Gasteiger partial charge in [-0.05, 0) is 25.0 Å². The number of rotatable bonds is 4. The average molecular weight is 265 g/mol. The Balaban J connectivity index is 1.93. The molecule has 1 aromatic heterocycles. The number of nitriles is 1. The number of hydrogen-bond donors (Lipinski definition) is 2. The molecule has 0 bridgehead atoms. The van der Waals surface area contributed by atoms with E-state index in [0.29, 0.717) is 17.3 Å². The molecule has 0 spiro atoms. The lowest BCUT2D eigenvalue weighted by atomic mass is 10.2. The van der Waals surface area contributed by atoms with Gasteiger partial charge in [-0.15, -0.1) is 0 Å². The molecule has 0 amide bonds. The molecule has 2 aromatic rings. The first kappa shape index (κ1) is 12.4. The third kappa shape index (κ3) is 2.54. The summed E-state index contributed by atoms with van der Waals surface area (Å²) in [6.07, 6.45) is 2.31. The van der Waals surface area contributed by atoms with Crippen molar-refractivity contribution in [1.82, 2.24) is 9.97 Å². The Morgan fingerprint density at radius 2 is 1.95 bits per heavy atom. The molecule has 0 radical (unpaired) electrons. The molecule has 5 heteroatoms. The van der Waals surface area contributed by atoms with E-state index < -0.39 is 0 Å². The van der Waals surface area contributed by atoms with Crippen molar-refractivity contribution < 1.29 is 0 Å². The fraction of sp³-hybridized carbons (Fsp3) is 0.267. The lowest BCUT2D eigenvalue weighted by Gasteiger charge is -2.10. The number of benzene rings is 1. The van der Waals surface area contributed by atoms with Crippen LogP contribution in [-0.2, 0) is 0 Å². The van der Waals surface area contributed by atoms with Gasteiger partial charge in [0.25, 0.3) is 0 Å². The van der Waals surface area contributed by atoms with Crippen LogP contribution in [0, 0.1) is 11.3 Å². The highest BCUT2D eigenvalue weighted by Gasteiger charge is 2.27. The second-order valence-corrected chi connectivity index (χ2v) is 4.80. The minimum absolute atomic E-state index is 0.482. The van der Waals surface area contributed by atoms with Crippen LogP contribution in [0.1, 0.15) is 30.1 Å². The number of anilines is 3. The molecule has 1 heterocycles. The molecular formula is C15H15N5. The van der Waals surface area contributed by atoms with Gasteiger partial charge in [0.15, 0.2) is 0 Å². The van der Waals surface area contributed by atoms with Crippen LogP contribution in [0.4, 0.5) is 17.3 Å². The van der Waals surface area contributed by atoms with Crippen LogP contribution >= 0.6 is 0 Å². The summed E-state index contributed by atoms with van der Waals surface area (Å²) in [5, 5.41) is 15.4. The van der Waals surface area contributed by atoms with Crippen LogP contribution in [-0.4, -0.2) is 17.0 Å². The molecule has 0 unspecified atom stereocenters. The van der Waals surface area contributed by atoms with Crippen LogP contribution in [0.2, 0.25) is 0 Å². The molecule has 1 aromatic carbocycles. The van der Waals surface area contributed by atoms with E-state index >= 15 is 0 Å². The summed E-state index contributed by atoms with van der Waals surface area (Å²) in [5.74, 6) is 2.86. The minimum Gasteiger partial charge on any atom is -0.373 e. The first-order valence-electron chi connectivity index (χ1n) is 6.63. The third-order valence-electron chi connectivity index (χ3n) is 3.25. The van der Waals surface area contributed by atoms with Gasteiger partial charge in [-0.1, -0.05) is 12.1 Å². The maximum atomic E-state index is 9.11. The molecule has 1 aliphatic rings. The highest BCUT2D eigenvalue weighted by Crippen LogP contribution is 2.39. The van der Waals surface area contributed by atoms with Crippen molar-refractivity contribution in [2.75, 3.05) is 17.7 Å². The number of para-hydroxylation sites is 1. The Morgan fingerprint density at radius 3 is 2.65 bits per heavy atom. The van der Waals surface area contributed by atoms with E-state index in [1.165, 1.54) is 0 Å². The number of nitrogens with one attached hydrogen (secondary N) is 2. The van der Waals surface area contributed by atoms with Gasteiger partial charge in [0.1, 0.15) is 23.5 Å². The van der Waals surface area contributed by atoms with Crippen LogP contribution in [0.3, 0.4) is 0 Å². The topological polar surface area (TPSA) is 73.6 Å². The number of aromatic nitrogens is 2. The van der Waals surface area contributed by atoms with E-state index in [0.717, 1.165) is 30.2 Å². The average Bonchev–Trinajstić information content (AvgIpc) is 3.32. The van der Waals surface area contributed by atoms with Crippen molar-refractivity contribution in [2.24, 2.45) is 0 Å². The van der Waals surface area contributed by atoms with Crippen molar-refractivity contribution in [3.8, 4) is 6.07 Å². The summed E-state index contributed by atoms with van der Waals surface area (Å²) in [7, 11) is 1.84. The number of hydrogen-bond acceptors (Lipinski definition) is 5. The van der Waals surface area contributed by atoms with Gasteiger partial charge in [-0.3, -0.25) is 0 Å². The Kier molecular flexibility index (Phi) is 3.21. The first-order valence-corrected chi connectivity index (χ1v) is 6.63. The van der Waals surface area contributed by atoms with E-state index in [1.54, 1.807) is 6.07 Å². The van der Waals surface area contributed by atoms with E-state index in [4.69, 9.17) is 5.26 Å². The van der Waals surface area contributed by atoms with Crippen LogP contribution in [0.25, 0.3) is 0 Å². The Morgan fingerprint density at radius 1 is 1.20 bits per heavy atom. The summed E-state index contributed by atoms with van der Waals surface area (Å²) >= 11 is 0. The molecular weight excluding hydrogens is 250 g/mol. The second-order valence-electron chi connectivity index (χ2n) is 4.80. The minimum atomic E-state index is 0.482. The Labute approximate surface area is 117 Å². The molecule has 0 atom stereocenters. The summed E-state index contributed by atoms with van der Waals surface area (Å²) in [4.78, 5) is 9.01. The third-order valence-corrected chi connectivity index (χ3v) is 3.25. The molecule has 0 saturated heterocycles. The Bertz CT molecular complexity index is 670. The molecule has 20 heavy (non-hydrogen) atoms. The summed E-state index contributed by atoms with van der Waals surface area (Å²) in [6, 6.07) is 11.4. The molecule has 3 rings (SSSR count). The molecule has 100 valence electrons. The standard InChI is InChI=1S/C15H15N5/c1-17-13-8-14(20-15(19-13)10-6-7-10)18-12-5-3-2-4-11(12)9-16/h2-5,8,10H,6-7H2,1H3,(H2,17,18,19,20). The lowest BCUT2D eigenvalue weighted by molar-refractivity contribution is 0.932. The van der Waals surface area contributed by atoms with E-state index in [2.05, 4.69) is 26.7 Å². The van der Waals surface area contributed by atoms with Crippen molar-refractivity contribution in [3.05, 3.63) is 41.7 Å². The second kappa shape index (κ2) is 5.17. The summed E-state index contributed by atoms with van der Waals surface area (Å²) < 4.78 is 0. The molecule has 1 saturated carbocycles. The van der Waals surface area contributed by atoms with Crippen LogP contribution < -0.4 is 10.6 Å². The molecule has 1 aliphatic carbocycles. The van der Waals surface area contributed by atoms with Crippen molar-refractivity contribution in [1.29, 1.82) is 5.26 Å². The fourth-order valence-corrected chi connectivity index (χ4v) is 2.01.